The molecule has 2 fully saturated rings. The molecular weight excluding hydrogens is 1030 g/mol. The van der Waals surface area contributed by atoms with E-state index in [1.54, 1.807) is 41.5 Å². The summed E-state index contributed by atoms with van der Waals surface area (Å²) >= 11 is 0. The largest absolute Gasteiger partial charge is 0.465 e. The van der Waals surface area contributed by atoms with E-state index < -0.39 is 51.8 Å². The van der Waals surface area contributed by atoms with Crippen LogP contribution in [0.1, 0.15) is 223 Å². The monoisotopic (exact) mass is 1140 g/mol. The van der Waals surface area contributed by atoms with E-state index in [1.165, 1.54) is 38.5 Å². The first kappa shape index (κ1) is 73.3. The number of rotatable bonds is 45. The zero-order chi connectivity index (χ0) is 60.4. The zero-order valence-electron chi connectivity index (χ0n) is 52.6. The van der Waals surface area contributed by atoms with Gasteiger partial charge in [-0.3, -0.25) is 38.4 Å². The highest BCUT2D eigenvalue weighted by Gasteiger charge is 2.45. The first-order valence-corrected chi connectivity index (χ1v) is 32.0. The van der Waals surface area contributed by atoms with Crippen LogP contribution in [-0.2, 0) is 47.8 Å². The van der Waals surface area contributed by atoms with Gasteiger partial charge in [0.1, 0.15) is 17.3 Å². The van der Waals surface area contributed by atoms with E-state index in [0.717, 1.165) is 70.1 Å². The number of Topliss-reactive ketones (excluding diaryl/α,β-unsaturated/α-hetero) is 3. The molecule has 2 rings (SSSR count). The fourth-order valence-electron chi connectivity index (χ4n) is 12.0. The number of unbranched alkanes of at least 4 members (excludes halogenated alkanes) is 3. The number of hydrogen-bond donors (Lipinski definition) is 7. The number of amides is 3. The Morgan fingerprint density at radius 1 is 0.457 bits per heavy atom. The average molecular weight is 1140 g/mol. The summed E-state index contributed by atoms with van der Waals surface area (Å²) < 4.78 is 11.9. The molecule has 0 aliphatic heterocycles. The minimum atomic E-state index is -1.30. The third-order valence-electron chi connectivity index (χ3n) is 17.6. The molecule has 0 spiro atoms. The molecule has 0 radical (unpaired) electrons. The van der Waals surface area contributed by atoms with Crippen molar-refractivity contribution in [3.05, 3.63) is 0 Å². The van der Waals surface area contributed by atoms with Crippen molar-refractivity contribution < 1.29 is 47.8 Å². The molecule has 0 saturated heterocycles. The highest BCUT2D eigenvalue weighted by Crippen LogP contribution is 2.41. The van der Waals surface area contributed by atoms with E-state index in [2.05, 4.69) is 40.4 Å². The number of nitrogens with two attached hydrogens (primary N) is 2. The predicted octanol–water partition coefficient (Wildman–Crippen LogP) is 8.70. The predicted molar refractivity (Wildman–Crippen MR) is 323 cm³/mol. The lowest BCUT2D eigenvalue weighted by molar-refractivity contribution is -0.153. The SMILES string of the molecule is CCCCNC(=O)C(CC(=O)NCCNCCN)CC(C)(C)C(=O)CC(CC(C)(C)C(=O)C(CC(=O)OCC1CCC(CCCC)CC1)CC(C)(C)C(=O)CC(CC)C(=O)OCC1CCC(CCCC)CC1)C(=O)NCCNCCN. The lowest BCUT2D eigenvalue weighted by Crippen LogP contribution is -2.44. The van der Waals surface area contributed by atoms with Crippen LogP contribution in [0.2, 0.25) is 0 Å². The maximum atomic E-state index is 15.3. The van der Waals surface area contributed by atoms with Crippen molar-refractivity contribution in [3.8, 4) is 0 Å². The van der Waals surface area contributed by atoms with Gasteiger partial charge in [0.25, 0.3) is 0 Å². The van der Waals surface area contributed by atoms with Crippen molar-refractivity contribution >= 4 is 47.0 Å². The maximum absolute atomic E-state index is 15.3. The van der Waals surface area contributed by atoms with Gasteiger partial charge in [-0.1, -0.05) is 140 Å². The number of carbonyl (C=O) groups excluding carboxylic acids is 8. The Balaban J connectivity index is 2.44. The van der Waals surface area contributed by atoms with Gasteiger partial charge in [-0.05, 0) is 81.5 Å². The lowest BCUT2D eigenvalue weighted by atomic mass is 9.67. The molecule has 0 aromatic rings. The molecule has 2 aliphatic rings. The number of ether oxygens (including phenoxy) is 2. The van der Waals surface area contributed by atoms with Crippen LogP contribution in [-0.4, -0.2) is 119 Å². The molecule has 4 atom stereocenters. The number of esters is 2. The van der Waals surface area contributed by atoms with Crippen LogP contribution in [0.5, 0.6) is 0 Å². The van der Waals surface area contributed by atoms with Crippen molar-refractivity contribution in [3.63, 3.8) is 0 Å². The second-order valence-corrected chi connectivity index (χ2v) is 26.2. The van der Waals surface area contributed by atoms with Gasteiger partial charge in [0, 0.05) is 112 Å². The quantitative estimate of drug-likeness (QED) is 0.0222. The van der Waals surface area contributed by atoms with Gasteiger partial charge in [0.05, 0.1) is 25.6 Å². The van der Waals surface area contributed by atoms with Gasteiger partial charge < -0.3 is 47.5 Å². The summed E-state index contributed by atoms with van der Waals surface area (Å²) in [5, 5.41) is 15.1. The minimum Gasteiger partial charge on any atom is -0.465 e. The molecular formula is C64H117N7O10. The number of ketones is 3. The molecule has 4 unspecified atom stereocenters. The number of hydrogen-bond acceptors (Lipinski definition) is 14. The van der Waals surface area contributed by atoms with Crippen LogP contribution in [0.25, 0.3) is 0 Å². The second kappa shape index (κ2) is 39.7. The van der Waals surface area contributed by atoms with Gasteiger partial charge >= 0.3 is 11.9 Å². The summed E-state index contributed by atoms with van der Waals surface area (Å²) in [6.45, 7) is 23.2. The first-order chi connectivity index (χ1) is 38.5. The van der Waals surface area contributed by atoms with E-state index in [4.69, 9.17) is 20.9 Å². The molecule has 0 heterocycles. The molecule has 0 aromatic heterocycles. The smallest absolute Gasteiger partial charge is 0.309 e. The van der Waals surface area contributed by atoms with Crippen LogP contribution in [0.4, 0.5) is 0 Å². The van der Waals surface area contributed by atoms with Crippen molar-refractivity contribution in [2.75, 3.05) is 72.1 Å². The molecule has 468 valence electrons. The zero-order valence-corrected chi connectivity index (χ0v) is 52.6. The summed E-state index contributed by atoms with van der Waals surface area (Å²) in [5.74, 6) is -4.41. The first-order valence-electron chi connectivity index (χ1n) is 32.0. The molecule has 81 heavy (non-hydrogen) atoms. The standard InChI is InChI=1S/C64H117N7O10/c1-11-15-18-46-20-24-48(25-21-46)44-80-57(75)40-51(41-62(5,6)54(72)37-50(14-4)61(79)81-45-49-26-22-47(23-27-49)19-16-12-2)58(76)64(9,10)43-52(59(77)71-36-34-68-32-29-66)38-55(73)63(7,8)42-53(60(78)70-30-17-13-3)39-56(74)69-35-33-67-31-28-65/h46-53,67-68H,11-45,65-66H2,1-10H3,(H,69,74)(H,70,78)(H,71,77). The summed E-state index contributed by atoms with van der Waals surface area (Å²) in [7, 11) is 0. The average Bonchev–Trinajstić information content (AvgIpc) is 3.50. The van der Waals surface area contributed by atoms with Gasteiger partial charge in [-0.15, -0.1) is 0 Å². The molecule has 3 amide bonds. The van der Waals surface area contributed by atoms with Gasteiger partial charge in [-0.2, -0.15) is 0 Å². The van der Waals surface area contributed by atoms with Crippen molar-refractivity contribution in [2.24, 2.45) is 75.1 Å². The Bertz CT molecular complexity index is 1880. The minimum absolute atomic E-state index is 0.00633. The highest BCUT2D eigenvalue weighted by molar-refractivity contribution is 5.94. The van der Waals surface area contributed by atoms with E-state index in [-0.39, 0.29) is 99.1 Å². The summed E-state index contributed by atoms with van der Waals surface area (Å²) in [6, 6.07) is 0. The Morgan fingerprint density at radius 3 is 1.36 bits per heavy atom. The molecule has 0 aromatic carbocycles. The Kier molecular flexibility index (Phi) is 35.9. The van der Waals surface area contributed by atoms with Crippen molar-refractivity contribution in [1.82, 2.24) is 26.6 Å². The van der Waals surface area contributed by atoms with Gasteiger partial charge in [-0.25, -0.2) is 0 Å². The number of nitrogens with one attached hydrogen (secondary N) is 5. The molecule has 9 N–H and O–H groups in total. The van der Waals surface area contributed by atoms with Crippen molar-refractivity contribution in [2.45, 2.75) is 223 Å². The van der Waals surface area contributed by atoms with Crippen LogP contribution in [0.15, 0.2) is 0 Å². The van der Waals surface area contributed by atoms with Crippen LogP contribution in [0, 0.1) is 63.6 Å². The summed E-state index contributed by atoms with van der Waals surface area (Å²) in [6.07, 6.45) is 17.0. The van der Waals surface area contributed by atoms with Gasteiger partial charge in [0.2, 0.25) is 17.7 Å². The second-order valence-electron chi connectivity index (χ2n) is 26.2. The molecule has 2 saturated carbocycles. The normalized spacial score (nSPS) is 19.4. The van der Waals surface area contributed by atoms with E-state index >= 15 is 4.79 Å². The third kappa shape index (κ3) is 29.0. The van der Waals surface area contributed by atoms with E-state index in [1.807, 2.05) is 13.8 Å². The number of carbonyl (C=O) groups is 8. The Hall–Kier alpha value is -3.80. The highest BCUT2D eigenvalue weighted by atomic mass is 16.5. The maximum Gasteiger partial charge on any atom is 0.309 e. The lowest BCUT2D eigenvalue weighted by Gasteiger charge is -2.35. The van der Waals surface area contributed by atoms with Crippen LogP contribution in [0.3, 0.4) is 0 Å². The summed E-state index contributed by atoms with van der Waals surface area (Å²) in [5.41, 5.74) is 7.64. The topological polar surface area (TPSA) is 267 Å². The Morgan fingerprint density at radius 2 is 0.877 bits per heavy atom. The van der Waals surface area contributed by atoms with E-state index in [0.29, 0.717) is 77.2 Å². The fourth-order valence-corrected chi connectivity index (χ4v) is 12.0. The molecule has 17 heteroatoms. The molecule has 2 aliphatic carbocycles. The van der Waals surface area contributed by atoms with Crippen molar-refractivity contribution in [1.29, 1.82) is 0 Å². The fraction of sp³-hybridized carbons (Fsp3) is 0.875. The van der Waals surface area contributed by atoms with Crippen LogP contribution < -0.4 is 38.1 Å². The third-order valence-corrected chi connectivity index (χ3v) is 17.6. The molecule has 17 nitrogen and oxygen atoms in total. The summed E-state index contributed by atoms with van der Waals surface area (Å²) in [4.78, 5) is 113. The molecule has 0 bridgehead atoms. The van der Waals surface area contributed by atoms with E-state index in [9.17, 15) is 33.6 Å². The van der Waals surface area contributed by atoms with Crippen LogP contribution >= 0.6 is 0 Å². The van der Waals surface area contributed by atoms with Gasteiger partial charge in [0.15, 0.2) is 0 Å². The Labute approximate surface area is 490 Å².